The van der Waals surface area contributed by atoms with Crippen LogP contribution in [0, 0.1) is 11.1 Å². The number of carbonyl (C=O) groups excluding carboxylic acids is 1. The molecule has 2 atom stereocenters. The predicted molar refractivity (Wildman–Crippen MR) is 97.8 cm³/mol. The van der Waals surface area contributed by atoms with Crippen LogP contribution in [0.5, 0.6) is 5.75 Å². The fourth-order valence-electron chi connectivity index (χ4n) is 2.96. The Hall–Kier alpha value is -3.08. The zero-order valence-electron chi connectivity index (χ0n) is 14.0. The summed E-state index contributed by atoms with van der Waals surface area (Å²) in [4.78, 5) is 14.0. The number of ether oxygens (including phenoxy) is 1. The molecule has 0 spiro atoms. The topological polar surface area (TPSA) is 55.6 Å². The number of β-lactam (4-membered cyclic amide) rings is 1. The maximum atomic E-state index is 12.4. The lowest BCUT2D eigenvalue weighted by Gasteiger charge is -2.42. The molecule has 0 saturated carbocycles. The summed E-state index contributed by atoms with van der Waals surface area (Å²) in [6.45, 7) is 3.96. The van der Waals surface area contributed by atoms with E-state index in [1.807, 2.05) is 42.5 Å². The van der Waals surface area contributed by atoms with Crippen molar-refractivity contribution >= 4 is 17.8 Å². The molecule has 1 saturated heterocycles. The third kappa shape index (κ3) is 3.40. The van der Waals surface area contributed by atoms with E-state index in [2.05, 4.69) is 6.58 Å². The highest BCUT2D eigenvalue weighted by Crippen LogP contribution is 2.33. The van der Waals surface area contributed by atoms with Crippen molar-refractivity contribution in [1.29, 1.82) is 0 Å². The van der Waals surface area contributed by atoms with Crippen molar-refractivity contribution in [2.75, 3.05) is 12.0 Å². The molecular formula is C20H20N2O3. The van der Waals surface area contributed by atoms with Crippen molar-refractivity contribution in [1.82, 2.24) is 0 Å². The minimum Gasteiger partial charge on any atom is -0.624 e. The molecule has 0 radical (unpaired) electrons. The van der Waals surface area contributed by atoms with Crippen LogP contribution < -0.4 is 9.64 Å². The summed E-state index contributed by atoms with van der Waals surface area (Å²) in [6, 6.07) is 16.4. The van der Waals surface area contributed by atoms with Gasteiger partial charge in [-0.05, 0) is 24.3 Å². The molecule has 0 unspecified atom stereocenters. The van der Waals surface area contributed by atoms with Crippen LogP contribution >= 0.6 is 0 Å². The largest absolute Gasteiger partial charge is 0.624 e. The van der Waals surface area contributed by atoms with E-state index < -0.39 is 0 Å². The van der Waals surface area contributed by atoms with Gasteiger partial charge < -0.3 is 9.94 Å². The van der Waals surface area contributed by atoms with Gasteiger partial charge >= 0.3 is 0 Å². The second-order valence-electron chi connectivity index (χ2n) is 5.87. The van der Waals surface area contributed by atoms with E-state index in [9.17, 15) is 10.0 Å². The van der Waals surface area contributed by atoms with Gasteiger partial charge in [-0.2, -0.15) is 0 Å². The van der Waals surface area contributed by atoms with Gasteiger partial charge in [-0.15, -0.1) is 6.58 Å². The van der Waals surface area contributed by atoms with Crippen LogP contribution in [0.4, 0.5) is 5.69 Å². The second-order valence-corrected chi connectivity index (χ2v) is 5.87. The molecule has 0 aliphatic carbocycles. The first-order valence-corrected chi connectivity index (χ1v) is 8.06. The maximum Gasteiger partial charge on any atom is 0.237 e. The van der Waals surface area contributed by atoms with Crippen molar-refractivity contribution in [3.8, 4) is 5.75 Å². The van der Waals surface area contributed by atoms with Gasteiger partial charge in [-0.3, -0.25) is 9.69 Å². The van der Waals surface area contributed by atoms with Gasteiger partial charge in [0.25, 0.3) is 0 Å². The predicted octanol–water partition coefficient (Wildman–Crippen LogP) is 2.99. The van der Waals surface area contributed by atoms with Crippen molar-refractivity contribution in [3.05, 3.63) is 78.0 Å². The lowest BCUT2D eigenvalue weighted by Crippen LogP contribution is -2.62. The molecular weight excluding hydrogens is 316 g/mol. The first kappa shape index (κ1) is 16.8. The lowest BCUT2D eigenvalue weighted by atomic mass is 9.87. The van der Waals surface area contributed by atoms with Crippen LogP contribution in [-0.4, -0.2) is 30.0 Å². The van der Waals surface area contributed by atoms with E-state index in [1.165, 1.54) is 0 Å². The van der Waals surface area contributed by atoms with Gasteiger partial charge in [0.15, 0.2) is 12.8 Å². The molecule has 1 fully saturated rings. The van der Waals surface area contributed by atoms with Crippen LogP contribution in [0.1, 0.15) is 5.56 Å². The van der Waals surface area contributed by atoms with E-state index >= 15 is 0 Å². The summed E-state index contributed by atoms with van der Waals surface area (Å²) < 4.78 is 6.02. The fourth-order valence-corrected chi connectivity index (χ4v) is 2.96. The van der Waals surface area contributed by atoms with Crippen LogP contribution in [0.3, 0.4) is 0 Å². The Morgan fingerprint density at radius 2 is 1.88 bits per heavy atom. The van der Waals surface area contributed by atoms with Gasteiger partial charge in [0, 0.05) is 11.3 Å². The highest BCUT2D eigenvalue weighted by Gasteiger charge is 2.47. The molecule has 1 aliphatic rings. The average Bonchev–Trinajstić information content (AvgIpc) is 2.63. The Morgan fingerprint density at radius 3 is 2.48 bits per heavy atom. The first-order chi connectivity index (χ1) is 12.1. The van der Waals surface area contributed by atoms with Crippen molar-refractivity contribution in [2.45, 2.75) is 12.6 Å². The number of hydrogen-bond donors (Lipinski definition) is 0. The molecule has 1 aliphatic heterocycles. The average molecular weight is 336 g/mol. The van der Waals surface area contributed by atoms with Gasteiger partial charge in [-0.25, -0.2) is 4.74 Å². The highest BCUT2D eigenvalue weighted by molar-refractivity contribution is 6.09. The molecule has 2 aromatic carbocycles. The summed E-state index contributed by atoms with van der Waals surface area (Å²) >= 11 is 0. The summed E-state index contributed by atoms with van der Waals surface area (Å²) in [5.41, 5.74) is 1.66. The van der Waals surface area contributed by atoms with Crippen LogP contribution in [-0.2, 0) is 11.3 Å². The van der Waals surface area contributed by atoms with Gasteiger partial charge in [-0.1, -0.05) is 36.4 Å². The summed E-state index contributed by atoms with van der Waals surface area (Å²) in [5.74, 6) is 0.274. The van der Waals surface area contributed by atoms with Gasteiger partial charge in [0.2, 0.25) is 5.91 Å². The normalized spacial score (nSPS) is 20.1. The Bertz CT molecular complexity index is 784. The Morgan fingerprint density at radius 1 is 1.20 bits per heavy atom. The molecule has 1 heterocycles. The Labute approximate surface area is 147 Å². The molecule has 128 valence electrons. The first-order valence-electron chi connectivity index (χ1n) is 8.06. The zero-order valence-corrected chi connectivity index (χ0v) is 14.0. The summed E-state index contributed by atoms with van der Waals surface area (Å²) in [5, 5.41) is 12.3. The van der Waals surface area contributed by atoms with Gasteiger partial charge in [0.1, 0.15) is 11.8 Å². The molecule has 3 rings (SSSR count). The Balaban J connectivity index is 1.81. The third-order valence-corrected chi connectivity index (χ3v) is 4.29. The number of methoxy groups -OCH3 is 1. The van der Waals surface area contributed by atoms with Crippen LogP contribution in [0.2, 0.25) is 0 Å². The Kier molecular flexibility index (Phi) is 4.84. The van der Waals surface area contributed by atoms with E-state index in [-0.39, 0.29) is 24.4 Å². The number of benzene rings is 2. The van der Waals surface area contributed by atoms with E-state index in [0.29, 0.717) is 5.75 Å². The molecule has 0 aromatic heterocycles. The number of carbonyl (C=O) groups is 1. The minimum absolute atomic E-state index is 0.0606. The quantitative estimate of drug-likeness (QED) is 0.203. The van der Waals surface area contributed by atoms with E-state index in [0.717, 1.165) is 16.0 Å². The molecule has 5 heteroatoms. The van der Waals surface area contributed by atoms with E-state index in [4.69, 9.17) is 4.74 Å². The van der Waals surface area contributed by atoms with E-state index in [1.54, 1.807) is 36.4 Å². The summed E-state index contributed by atoms with van der Waals surface area (Å²) in [7, 11) is 1.59. The number of rotatable bonds is 6. The summed E-state index contributed by atoms with van der Waals surface area (Å²) in [6.07, 6.45) is 3.14. The van der Waals surface area contributed by atoms with Gasteiger partial charge in [0.05, 0.1) is 13.0 Å². The fraction of sp³-hybridized carbons (Fsp3) is 0.200. The van der Waals surface area contributed by atoms with Crippen LogP contribution in [0.25, 0.3) is 0 Å². The highest BCUT2D eigenvalue weighted by atomic mass is 16.5. The molecule has 0 bridgehead atoms. The number of amides is 1. The number of hydrogen-bond acceptors (Lipinski definition) is 3. The minimum atomic E-state index is -0.380. The third-order valence-electron chi connectivity index (χ3n) is 4.29. The molecule has 5 nitrogen and oxygen atoms in total. The number of nitrogens with zero attached hydrogens (tertiary/aromatic N) is 2. The molecule has 0 N–H and O–H groups in total. The van der Waals surface area contributed by atoms with Crippen molar-refractivity contribution in [2.24, 2.45) is 5.92 Å². The van der Waals surface area contributed by atoms with Crippen LogP contribution in [0.15, 0.2) is 67.3 Å². The molecule has 1 amide bonds. The molecule has 2 aromatic rings. The number of anilines is 1. The molecule has 25 heavy (non-hydrogen) atoms. The standard InChI is InChI=1S/C20H20N2O3/c1-3-18-19(14-21(24)13-15-7-5-4-6-8-15)22(20(18)23)16-9-11-17(25-2)12-10-16/h3-12,14,18-19H,1,13H2,2H3/b21-14-/t18-,19+/m1/s1. The monoisotopic (exact) mass is 336 g/mol. The lowest BCUT2D eigenvalue weighted by molar-refractivity contribution is -0.471. The number of hydroxylamine groups is 1. The second kappa shape index (κ2) is 7.21. The SMILES string of the molecule is C=C[C@H]1C(=O)N(c2ccc(OC)cc2)[C@H]1/C=[N+](\[O-])Cc1ccccc1. The maximum absolute atomic E-state index is 12.4. The van der Waals surface area contributed by atoms with Crippen molar-refractivity contribution in [3.63, 3.8) is 0 Å². The smallest absolute Gasteiger partial charge is 0.237 e. The van der Waals surface area contributed by atoms with Crippen molar-refractivity contribution < 1.29 is 14.3 Å². The zero-order chi connectivity index (χ0) is 17.8.